The summed E-state index contributed by atoms with van der Waals surface area (Å²) in [5.74, 6) is -2.61. The summed E-state index contributed by atoms with van der Waals surface area (Å²) in [6, 6.07) is 6.44. The molecule has 162 valence electrons. The molecule has 1 unspecified atom stereocenters. The SMILES string of the molecule is O=C(N1CCc2ccc(SNC(c3ccc(F)cc3)C(F)(F)F)cc2C1)C(F)(F)F. The Hall–Kier alpha value is -2.27. The van der Waals surface area contributed by atoms with Crippen molar-refractivity contribution in [1.82, 2.24) is 9.62 Å². The van der Waals surface area contributed by atoms with Crippen LogP contribution in [0, 0.1) is 5.82 Å². The Morgan fingerprint density at radius 3 is 2.27 bits per heavy atom. The number of carbonyl (C=O) groups excluding carboxylic acids is 1. The predicted molar refractivity (Wildman–Crippen MR) is 95.8 cm³/mol. The Bertz CT molecular complexity index is 913. The van der Waals surface area contributed by atoms with Gasteiger partial charge < -0.3 is 4.90 Å². The van der Waals surface area contributed by atoms with Gasteiger partial charge in [0.25, 0.3) is 0 Å². The van der Waals surface area contributed by atoms with E-state index in [0.717, 1.165) is 29.8 Å². The summed E-state index contributed by atoms with van der Waals surface area (Å²) in [6.07, 6.45) is -9.42. The molecular weight excluding hydrogens is 437 g/mol. The van der Waals surface area contributed by atoms with E-state index in [1.54, 1.807) is 12.1 Å². The van der Waals surface area contributed by atoms with Crippen LogP contribution in [0.15, 0.2) is 47.4 Å². The Morgan fingerprint density at radius 1 is 1.00 bits per heavy atom. The van der Waals surface area contributed by atoms with Crippen LogP contribution in [0.25, 0.3) is 0 Å². The second kappa shape index (κ2) is 8.46. The summed E-state index contributed by atoms with van der Waals surface area (Å²) in [7, 11) is 0. The van der Waals surface area contributed by atoms with Gasteiger partial charge in [-0.25, -0.2) is 9.11 Å². The number of halogens is 7. The minimum absolute atomic E-state index is 0.0865. The normalized spacial score (nSPS) is 15.6. The molecule has 1 amide bonds. The smallest absolute Gasteiger partial charge is 0.330 e. The fraction of sp³-hybridized carbons (Fsp3) is 0.316. The first-order valence-corrected chi connectivity index (χ1v) is 9.49. The van der Waals surface area contributed by atoms with Crippen LogP contribution in [0.4, 0.5) is 30.7 Å². The maximum Gasteiger partial charge on any atom is 0.471 e. The summed E-state index contributed by atoms with van der Waals surface area (Å²) in [5.41, 5.74) is 0.990. The maximum absolute atomic E-state index is 13.4. The van der Waals surface area contributed by atoms with E-state index < -0.39 is 30.1 Å². The largest absolute Gasteiger partial charge is 0.471 e. The molecule has 1 heterocycles. The van der Waals surface area contributed by atoms with E-state index in [9.17, 15) is 35.5 Å². The number of nitrogens with zero attached hydrogens (tertiary/aromatic N) is 1. The van der Waals surface area contributed by atoms with Crippen LogP contribution < -0.4 is 4.72 Å². The lowest BCUT2D eigenvalue weighted by molar-refractivity contribution is -0.186. The van der Waals surface area contributed by atoms with Crippen molar-refractivity contribution in [1.29, 1.82) is 0 Å². The van der Waals surface area contributed by atoms with Crippen molar-refractivity contribution in [2.45, 2.75) is 36.3 Å². The highest BCUT2D eigenvalue weighted by Crippen LogP contribution is 2.36. The number of rotatable bonds is 4. The van der Waals surface area contributed by atoms with Gasteiger partial charge in [-0.15, -0.1) is 0 Å². The van der Waals surface area contributed by atoms with Crippen LogP contribution in [0.1, 0.15) is 22.7 Å². The monoisotopic (exact) mass is 452 g/mol. The Kier molecular flexibility index (Phi) is 6.32. The first kappa shape index (κ1) is 22.4. The number of fused-ring (bicyclic) bond motifs is 1. The van der Waals surface area contributed by atoms with Gasteiger partial charge in [0.2, 0.25) is 0 Å². The molecule has 1 aliphatic heterocycles. The topological polar surface area (TPSA) is 32.3 Å². The maximum atomic E-state index is 13.4. The third-order valence-electron chi connectivity index (χ3n) is 4.55. The van der Waals surface area contributed by atoms with Crippen LogP contribution in [0.3, 0.4) is 0 Å². The number of benzene rings is 2. The molecule has 3 rings (SSSR count). The highest BCUT2D eigenvalue weighted by Gasteiger charge is 2.43. The number of hydrogen-bond acceptors (Lipinski definition) is 3. The lowest BCUT2D eigenvalue weighted by atomic mass is 10.00. The van der Waals surface area contributed by atoms with Crippen molar-refractivity contribution in [2.75, 3.05) is 6.54 Å². The number of hydrogen-bond donors (Lipinski definition) is 1. The minimum Gasteiger partial charge on any atom is -0.330 e. The fourth-order valence-electron chi connectivity index (χ4n) is 3.06. The third kappa shape index (κ3) is 5.25. The number of carbonyl (C=O) groups is 1. The van der Waals surface area contributed by atoms with Crippen LogP contribution in [-0.4, -0.2) is 29.7 Å². The molecule has 3 nitrogen and oxygen atoms in total. The van der Waals surface area contributed by atoms with Gasteiger partial charge in [-0.3, -0.25) is 4.79 Å². The first-order chi connectivity index (χ1) is 13.9. The highest BCUT2D eigenvalue weighted by atomic mass is 32.2. The van der Waals surface area contributed by atoms with Crippen LogP contribution in [0.5, 0.6) is 0 Å². The van der Waals surface area contributed by atoms with Gasteiger partial charge in [0.15, 0.2) is 0 Å². The van der Waals surface area contributed by atoms with Gasteiger partial charge in [0, 0.05) is 18.0 Å². The molecule has 1 N–H and O–H groups in total. The van der Waals surface area contributed by atoms with E-state index in [1.165, 1.54) is 6.07 Å². The second-order valence-corrected chi connectivity index (χ2v) is 7.56. The molecule has 0 fully saturated rings. The zero-order valence-electron chi connectivity index (χ0n) is 15.1. The molecule has 0 bridgehead atoms. The highest BCUT2D eigenvalue weighted by molar-refractivity contribution is 7.97. The molecule has 0 aromatic heterocycles. The van der Waals surface area contributed by atoms with Gasteiger partial charge in [-0.2, -0.15) is 26.3 Å². The van der Waals surface area contributed by atoms with Gasteiger partial charge in [0.1, 0.15) is 11.9 Å². The summed E-state index contributed by atoms with van der Waals surface area (Å²) >= 11 is 0.653. The van der Waals surface area contributed by atoms with Gasteiger partial charge >= 0.3 is 18.3 Å². The summed E-state index contributed by atoms with van der Waals surface area (Å²) in [4.78, 5) is 12.5. The molecule has 2 aromatic rings. The summed E-state index contributed by atoms with van der Waals surface area (Å²) in [6.45, 7) is -0.362. The quantitative estimate of drug-likeness (QED) is 0.513. The van der Waals surface area contributed by atoms with Gasteiger partial charge in [0.05, 0.1) is 0 Å². The van der Waals surface area contributed by atoms with Crippen LogP contribution in [0.2, 0.25) is 0 Å². The molecule has 30 heavy (non-hydrogen) atoms. The molecule has 0 saturated carbocycles. The molecule has 1 atom stereocenters. The number of alkyl halides is 6. The summed E-state index contributed by atoms with van der Waals surface area (Å²) in [5, 5.41) is 0. The van der Waals surface area contributed by atoms with Crippen molar-refractivity contribution in [3.05, 3.63) is 65.0 Å². The van der Waals surface area contributed by atoms with E-state index in [1.807, 2.05) is 0 Å². The lowest BCUT2D eigenvalue weighted by Crippen LogP contribution is -2.43. The minimum atomic E-state index is -4.99. The molecule has 1 aliphatic rings. The molecule has 0 radical (unpaired) electrons. The van der Waals surface area contributed by atoms with Crippen LogP contribution in [-0.2, 0) is 17.8 Å². The van der Waals surface area contributed by atoms with E-state index in [4.69, 9.17) is 0 Å². The molecular formula is C19H15F7N2OS. The average Bonchev–Trinajstić information content (AvgIpc) is 2.66. The predicted octanol–water partition coefficient (Wildman–Crippen LogP) is 5.17. The Morgan fingerprint density at radius 2 is 1.67 bits per heavy atom. The number of amides is 1. The zero-order chi connectivity index (χ0) is 22.1. The van der Waals surface area contributed by atoms with E-state index >= 15 is 0 Å². The van der Waals surface area contributed by atoms with Crippen molar-refractivity contribution >= 4 is 17.9 Å². The van der Waals surface area contributed by atoms with Crippen molar-refractivity contribution < 1.29 is 35.5 Å². The molecule has 2 aromatic carbocycles. The molecule has 0 spiro atoms. The number of nitrogens with one attached hydrogen (secondary N) is 1. The summed E-state index contributed by atoms with van der Waals surface area (Å²) < 4.78 is 93.5. The molecule has 0 aliphatic carbocycles. The van der Waals surface area contributed by atoms with E-state index in [2.05, 4.69) is 4.72 Å². The van der Waals surface area contributed by atoms with Crippen LogP contribution >= 0.6 is 11.9 Å². The third-order valence-corrected chi connectivity index (χ3v) is 5.39. The van der Waals surface area contributed by atoms with Crippen molar-refractivity contribution in [3.63, 3.8) is 0 Å². The Balaban J connectivity index is 1.74. The fourth-order valence-corrected chi connectivity index (χ4v) is 3.92. The van der Waals surface area contributed by atoms with E-state index in [0.29, 0.717) is 27.3 Å². The first-order valence-electron chi connectivity index (χ1n) is 8.67. The Labute approximate surface area is 171 Å². The molecule has 0 saturated heterocycles. The van der Waals surface area contributed by atoms with Crippen molar-refractivity contribution in [2.24, 2.45) is 0 Å². The van der Waals surface area contributed by atoms with Gasteiger partial charge in [-0.05, 0) is 59.3 Å². The van der Waals surface area contributed by atoms with Gasteiger partial charge in [-0.1, -0.05) is 18.2 Å². The zero-order valence-corrected chi connectivity index (χ0v) is 16.0. The van der Waals surface area contributed by atoms with Crippen molar-refractivity contribution in [3.8, 4) is 0 Å². The lowest BCUT2D eigenvalue weighted by Gasteiger charge is -2.29. The second-order valence-electron chi connectivity index (χ2n) is 6.65. The average molecular weight is 452 g/mol. The van der Waals surface area contributed by atoms with E-state index in [-0.39, 0.29) is 25.1 Å². The molecule has 11 heteroatoms. The standard InChI is InChI=1S/C19H15F7N2OS/c20-14-4-1-12(2-5-14)16(18(21,22)23)27-30-15-6-3-11-7-8-28(10-13(11)9-15)17(29)19(24,25)26/h1-6,9,16,27H,7-8,10H2.